The van der Waals surface area contributed by atoms with Gasteiger partial charge in [0.15, 0.2) is 0 Å². The van der Waals surface area contributed by atoms with Crippen LogP contribution in [0.2, 0.25) is 0 Å². The van der Waals surface area contributed by atoms with Crippen molar-refractivity contribution in [2.45, 2.75) is 57.8 Å². The van der Waals surface area contributed by atoms with E-state index in [2.05, 4.69) is 6.42 Å². The van der Waals surface area contributed by atoms with E-state index in [0.29, 0.717) is 0 Å². The van der Waals surface area contributed by atoms with E-state index in [1.807, 2.05) is 0 Å². The Bertz CT molecular complexity index is 42.9. The molecule has 0 aliphatic heterocycles. The summed E-state index contributed by atoms with van der Waals surface area (Å²) in [5, 5.41) is 0. The van der Waals surface area contributed by atoms with Gasteiger partial charge in [0.2, 0.25) is 0 Å². The van der Waals surface area contributed by atoms with Crippen molar-refractivity contribution in [1.29, 1.82) is 0 Å². The molecule has 0 atom stereocenters. The molecule has 0 radical (unpaired) electrons. The van der Waals surface area contributed by atoms with Crippen molar-refractivity contribution in [3.05, 3.63) is 6.42 Å². The van der Waals surface area contributed by atoms with E-state index in [1.54, 1.807) is 0 Å². The summed E-state index contributed by atoms with van der Waals surface area (Å²) in [6.45, 7) is 0. The lowest BCUT2D eigenvalue weighted by Crippen LogP contribution is -1.87. The van der Waals surface area contributed by atoms with E-state index in [1.165, 1.54) is 57.8 Å². The molecule has 0 amide bonds. The molecule has 0 heterocycles. The molecule has 3 saturated carbocycles. The lowest BCUT2D eigenvalue weighted by Gasteiger charge is -1.93. The van der Waals surface area contributed by atoms with Gasteiger partial charge in [0.05, 0.1) is 19.3 Å². The fourth-order valence-corrected chi connectivity index (χ4v) is 0.204. The highest BCUT2D eigenvalue weighted by atomic mass is 14.0. The van der Waals surface area contributed by atoms with Crippen LogP contribution < -0.4 is 0 Å². The van der Waals surface area contributed by atoms with Gasteiger partial charge in [-0.2, -0.15) is 0 Å². The molecule has 0 N–H and O–H groups in total. The predicted octanol–water partition coefficient (Wildman–Crippen LogP) is 3.72. The van der Waals surface area contributed by atoms with E-state index < -0.39 is 0 Å². The second kappa shape index (κ2) is 5.64. The normalized spacial score (nSPS) is 23.2. The zero-order chi connectivity index (χ0) is 7.07. The summed E-state index contributed by atoms with van der Waals surface area (Å²) < 4.78 is 0. The number of rotatable bonds is 0. The van der Waals surface area contributed by atoms with Gasteiger partial charge in [-0.3, -0.25) is 0 Å². The molecular weight excluding hydrogens is 120 g/mol. The molecule has 58 valence electrons. The summed E-state index contributed by atoms with van der Waals surface area (Å²) >= 11 is 0. The molecule has 3 aliphatic carbocycles. The van der Waals surface area contributed by atoms with Gasteiger partial charge in [0.1, 0.15) is 0 Å². The highest BCUT2D eigenvalue weighted by Gasteiger charge is 2.07. The van der Waals surface area contributed by atoms with E-state index in [4.69, 9.17) is 0 Å². The fraction of sp³-hybridized carbons (Fsp3) is 0.900. The van der Waals surface area contributed by atoms with Crippen LogP contribution in [0.4, 0.5) is 0 Å². The number of hydrogen-bond donors (Lipinski definition) is 0. The minimum absolute atomic E-state index is 1.38. The first-order valence-corrected chi connectivity index (χ1v) is 4.82. The van der Waals surface area contributed by atoms with E-state index in [9.17, 15) is 0 Å². The molecule has 0 spiro atoms. The lowest BCUT2D eigenvalue weighted by molar-refractivity contribution is 0.652. The van der Waals surface area contributed by atoms with Gasteiger partial charge in [0.25, 0.3) is 0 Å². The van der Waals surface area contributed by atoms with Gasteiger partial charge in [0, 0.05) is 6.42 Å². The maximum atomic E-state index is 2.31. The monoisotopic (exact) mass is 139 g/mol. The summed E-state index contributed by atoms with van der Waals surface area (Å²) in [5.74, 6) is 0. The maximum Gasteiger partial charge on any atom is 0.0916 e. The average molecular weight is 139 g/mol. The van der Waals surface area contributed by atoms with Gasteiger partial charge >= 0.3 is 0 Å². The summed E-state index contributed by atoms with van der Waals surface area (Å²) in [7, 11) is 0. The molecule has 0 bridgehead atoms. The molecule has 3 rings (SSSR count). The van der Waals surface area contributed by atoms with Crippen LogP contribution in [0.1, 0.15) is 57.8 Å². The summed E-state index contributed by atoms with van der Waals surface area (Å²) in [6.07, 6.45) is 15.5. The minimum Gasteiger partial charge on any atom is -0.0533 e. The Kier molecular flexibility index (Phi) is 4.50. The van der Waals surface area contributed by atoms with Crippen LogP contribution in [0, 0.1) is 6.42 Å². The van der Waals surface area contributed by atoms with Gasteiger partial charge in [-0.1, -0.05) is 38.5 Å². The van der Waals surface area contributed by atoms with Gasteiger partial charge < -0.3 is 0 Å². The Morgan fingerprint density at radius 2 is 0.700 bits per heavy atom. The van der Waals surface area contributed by atoms with Crippen LogP contribution in [0.3, 0.4) is 0 Å². The molecule has 0 aromatic heterocycles. The predicted molar refractivity (Wildman–Crippen MR) is 45.9 cm³/mol. The third-order valence-electron chi connectivity index (χ3n) is 1.52. The SMILES string of the molecule is C1CC1.C1CC1.[CH+]1CCC1. The standard InChI is InChI=1S/C4H7.2C3H6/c1-2-4-3-1;2*1-2-3-1/h1H,2-4H2;2*1-3H2/q+1;;. The third kappa shape index (κ3) is 10.8. The topological polar surface area (TPSA) is 0 Å². The van der Waals surface area contributed by atoms with Gasteiger partial charge in [-0.05, 0) is 0 Å². The van der Waals surface area contributed by atoms with Gasteiger partial charge in [-0.25, -0.2) is 0 Å². The molecule has 3 fully saturated rings. The number of hydrogen-bond acceptors (Lipinski definition) is 0. The van der Waals surface area contributed by atoms with Crippen LogP contribution in [0.5, 0.6) is 0 Å². The molecule has 0 nitrogen and oxygen atoms in total. The smallest absolute Gasteiger partial charge is 0.0533 e. The Hall–Kier alpha value is -0.130. The quantitative estimate of drug-likeness (QED) is 0.449. The zero-order valence-electron chi connectivity index (χ0n) is 6.94. The summed E-state index contributed by atoms with van der Waals surface area (Å²) in [5.41, 5.74) is 0. The van der Waals surface area contributed by atoms with Crippen molar-refractivity contribution in [1.82, 2.24) is 0 Å². The molecular formula is C10H19+. The second-order valence-corrected chi connectivity index (χ2v) is 3.34. The Morgan fingerprint density at radius 3 is 0.700 bits per heavy atom. The minimum atomic E-state index is 1.38. The fourth-order valence-electron chi connectivity index (χ4n) is 0.204. The van der Waals surface area contributed by atoms with Crippen molar-refractivity contribution in [2.75, 3.05) is 0 Å². The first-order chi connectivity index (χ1) is 5.00. The van der Waals surface area contributed by atoms with Crippen LogP contribution in [-0.4, -0.2) is 0 Å². The highest BCUT2D eigenvalue weighted by Crippen LogP contribution is 2.15. The van der Waals surface area contributed by atoms with Crippen LogP contribution in [-0.2, 0) is 0 Å². The first kappa shape index (κ1) is 7.97. The Morgan fingerprint density at radius 1 is 0.500 bits per heavy atom. The Balaban J connectivity index is 0.0000000762. The molecule has 0 heteroatoms. The molecule has 0 aromatic rings. The highest BCUT2D eigenvalue weighted by molar-refractivity contribution is 4.74. The zero-order valence-corrected chi connectivity index (χ0v) is 6.94. The average Bonchev–Trinajstić information content (AvgIpc) is 2.58. The molecule has 0 unspecified atom stereocenters. The Labute approximate surface area is 65.0 Å². The lowest BCUT2D eigenvalue weighted by atomic mass is 10.0. The van der Waals surface area contributed by atoms with Crippen LogP contribution in [0.15, 0.2) is 0 Å². The van der Waals surface area contributed by atoms with E-state index >= 15 is 0 Å². The first-order valence-electron chi connectivity index (χ1n) is 4.82. The van der Waals surface area contributed by atoms with Crippen molar-refractivity contribution >= 4 is 0 Å². The molecule has 3 aliphatic rings. The molecule has 0 aromatic carbocycles. The van der Waals surface area contributed by atoms with Crippen molar-refractivity contribution < 1.29 is 0 Å². The van der Waals surface area contributed by atoms with Crippen molar-refractivity contribution in [3.63, 3.8) is 0 Å². The molecule has 0 saturated heterocycles. The van der Waals surface area contributed by atoms with Crippen LogP contribution >= 0.6 is 0 Å². The summed E-state index contributed by atoms with van der Waals surface area (Å²) in [6, 6.07) is 0. The van der Waals surface area contributed by atoms with Crippen molar-refractivity contribution in [2.24, 2.45) is 0 Å². The third-order valence-corrected chi connectivity index (χ3v) is 1.52. The second-order valence-electron chi connectivity index (χ2n) is 3.34. The largest absolute Gasteiger partial charge is 0.0916 e. The van der Waals surface area contributed by atoms with Crippen molar-refractivity contribution in [3.8, 4) is 0 Å². The van der Waals surface area contributed by atoms with Gasteiger partial charge in [-0.15, -0.1) is 0 Å². The summed E-state index contributed by atoms with van der Waals surface area (Å²) in [4.78, 5) is 0. The van der Waals surface area contributed by atoms with E-state index in [-0.39, 0.29) is 0 Å². The van der Waals surface area contributed by atoms with Crippen LogP contribution in [0.25, 0.3) is 0 Å². The molecule has 10 heavy (non-hydrogen) atoms. The maximum absolute atomic E-state index is 2.31. The van der Waals surface area contributed by atoms with E-state index in [0.717, 1.165) is 0 Å².